The van der Waals surface area contributed by atoms with Crippen molar-refractivity contribution in [1.29, 1.82) is 0 Å². The van der Waals surface area contributed by atoms with Crippen LogP contribution in [0, 0.1) is 24.0 Å². The minimum atomic E-state index is -1.01. The summed E-state index contributed by atoms with van der Waals surface area (Å²) in [6, 6.07) is 9.98. The summed E-state index contributed by atoms with van der Waals surface area (Å²) in [6.07, 6.45) is 15.2. The van der Waals surface area contributed by atoms with Crippen molar-refractivity contribution in [1.82, 2.24) is 40.3 Å². The lowest BCUT2D eigenvalue weighted by molar-refractivity contribution is -0.136. The lowest BCUT2D eigenvalue weighted by atomic mass is 9.94. The molecule has 0 saturated carbocycles. The van der Waals surface area contributed by atoms with Crippen molar-refractivity contribution in [3.63, 3.8) is 0 Å². The number of rotatable bonds is 15. The van der Waals surface area contributed by atoms with Gasteiger partial charge in [-0.3, -0.25) is 39.3 Å². The number of aromatic nitrogens is 3. The Balaban J connectivity index is 0.714. The number of aromatic hydroxyl groups is 1. The van der Waals surface area contributed by atoms with E-state index in [9.17, 15) is 29.1 Å². The Hall–Kier alpha value is -7.56. The molecule has 3 unspecified atom stereocenters. The molecule has 5 fully saturated rings. The number of ether oxygens (including phenoxy) is 2. The van der Waals surface area contributed by atoms with Gasteiger partial charge in [0.2, 0.25) is 11.8 Å². The number of phenols is 1. The predicted molar refractivity (Wildman–Crippen MR) is 273 cm³/mol. The zero-order chi connectivity index (χ0) is 52.3. The zero-order valence-corrected chi connectivity index (χ0v) is 41.6. The number of benzene rings is 3. The van der Waals surface area contributed by atoms with E-state index in [1.165, 1.54) is 30.5 Å². The van der Waals surface area contributed by atoms with Crippen LogP contribution < -0.4 is 20.3 Å². The van der Waals surface area contributed by atoms with Gasteiger partial charge in [0, 0.05) is 74.9 Å². The Labute approximate surface area is 431 Å². The van der Waals surface area contributed by atoms with E-state index in [0.29, 0.717) is 55.6 Å². The van der Waals surface area contributed by atoms with Crippen molar-refractivity contribution in [2.24, 2.45) is 0 Å². The van der Waals surface area contributed by atoms with Crippen LogP contribution >= 0.6 is 0 Å². The lowest BCUT2D eigenvalue weighted by Crippen LogP contribution is -2.54. The first-order chi connectivity index (χ1) is 36.2. The molecule has 2 aromatic heterocycles. The van der Waals surface area contributed by atoms with Crippen LogP contribution in [0.5, 0.6) is 11.8 Å². The van der Waals surface area contributed by atoms with Gasteiger partial charge in [0.05, 0.1) is 27.6 Å². The molecular formula is C56H57F2N9O8. The van der Waals surface area contributed by atoms with Crippen molar-refractivity contribution in [3.8, 4) is 35.4 Å². The maximum absolute atomic E-state index is 17.2. The number of phenolic OH excluding ortho intramolecular Hbond substituents is 1. The number of pyridine rings is 1. The van der Waals surface area contributed by atoms with E-state index in [4.69, 9.17) is 20.9 Å². The number of terminal acetylenes is 1. The first kappa shape index (κ1) is 49.6. The molecule has 19 heteroatoms. The molecule has 0 aliphatic carbocycles. The molecule has 2 bridgehead atoms. The van der Waals surface area contributed by atoms with Crippen LogP contribution in [0.1, 0.15) is 102 Å². The Morgan fingerprint density at radius 2 is 1.76 bits per heavy atom. The maximum Gasteiger partial charge on any atom is 0.409 e. The molecule has 5 saturated heterocycles. The molecule has 0 radical (unpaired) electrons. The molecule has 0 spiro atoms. The van der Waals surface area contributed by atoms with Gasteiger partial charge >= 0.3 is 12.1 Å². The quantitative estimate of drug-likeness (QED) is 0.0441. The zero-order valence-electron chi connectivity index (χ0n) is 41.6. The van der Waals surface area contributed by atoms with Gasteiger partial charge < -0.3 is 29.7 Å². The van der Waals surface area contributed by atoms with Crippen LogP contribution in [0.15, 0.2) is 60.8 Å². The van der Waals surface area contributed by atoms with E-state index in [0.717, 1.165) is 67.4 Å². The van der Waals surface area contributed by atoms with Gasteiger partial charge in [-0.15, -0.1) is 6.42 Å². The first-order valence-corrected chi connectivity index (χ1v) is 25.8. The van der Waals surface area contributed by atoms with E-state index >= 15 is 8.78 Å². The van der Waals surface area contributed by atoms with E-state index in [2.05, 4.69) is 42.9 Å². The number of piperazine rings is 1. The minimum Gasteiger partial charge on any atom is -0.508 e. The fourth-order valence-electron chi connectivity index (χ4n) is 12.3. The van der Waals surface area contributed by atoms with Crippen molar-refractivity contribution < 1.29 is 47.3 Å². The monoisotopic (exact) mass is 1020 g/mol. The highest BCUT2D eigenvalue weighted by atomic mass is 19.1. The van der Waals surface area contributed by atoms with Gasteiger partial charge in [0.15, 0.2) is 5.82 Å². The normalized spacial score (nSPS) is 23.3. The number of carbonyl (C=O) groups excluding carboxylic acids is 5. The number of unbranched alkanes of at least 4 members (excludes halogenated alkanes) is 3. The van der Waals surface area contributed by atoms with Crippen LogP contribution in [0.25, 0.3) is 32.9 Å². The lowest BCUT2D eigenvalue weighted by Gasteiger charge is -2.35. The van der Waals surface area contributed by atoms with E-state index in [1.807, 2.05) is 6.07 Å². The van der Waals surface area contributed by atoms with Gasteiger partial charge in [0.1, 0.15) is 47.9 Å². The minimum absolute atomic E-state index is 0.0172. The Bertz CT molecular complexity index is 3260. The molecular weight excluding hydrogens is 965 g/mol. The Morgan fingerprint density at radius 3 is 2.55 bits per heavy atom. The summed E-state index contributed by atoms with van der Waals surface area (Å²) in [5.41, 5.74) is 1.79. The number of nitrogens with one attached hydrogen (secondary N) is 2. The maximum atomic E-state index is 17.2. The van der Waals surface area contributed by atoms with Gasteiger partial charge in [-0.1, -0.05) is 43.0 Å². The average Bonchev–Trinajstić information content (AvgIpc) is 4.12. The summed E-state index contributed by atoms with van der Waals surface area (Å²) in [6.45, 7) is 7.06. The molecule has 75 heavy (non-hydrogen) atoms. The van der Waals surface area contributed by atoms with Crippen molar-refractivity contribution in [2.45, 2.75) is 107 Å². The summed E-state index contributed by atoms with van der Waals surface area (Å²) in [5, 5.41) is 17.6. The van der Waals surface area contributed by atoms with Gasteiger partial charge in [-0.25, -0.2) is 13.6 Å². The van der Waals surface area contributed by atoms with Crippen molar-refractivity contribution in [3.05, 3.63) is 94.7 Å². The second-order valence-electron chi connectivity index (χ2n) is 21.0. The number of imide groups is 2. The highest BCUT2D eigenvalue weighted by Gasteiger charge is 2.52. The molecule has 5 atom stereocenters. The molecule has 3 N–H and O–H groups in total. The molecule has 11 rings (SSSR count). The second kappa shape index (κ2) is 19.9. The van der Waals surface area contributed by atoms with E-state index in [-0.39, 0.29) is 94.8 Å². The Morgan fingerprint density at radius 1 is 0.973 bits per heavy atom. The number of fused-ring (bicyclic) bond motifs is 6. The number of hydrogen-bond donors (Lipinski definition) is 3. The highest BCUT2D eigenvalue weighted by Crippen LogP contribution is 2.45. The number of amides is 5. The standard InChI is InChI=1S/C56H57F2N9O8/c1-4-38-43(57)15-11-33-22-37(68)23-41(46(33)38)48-47(58)49-42(25-59-48)50(65-27-34-12-13-35(28-65)60-34)63-54(62-49)75-30-56-19-18-36(66(56)26-31(2)24-56)29-74-55(73)64(3)20-8-6-5-7-9-32-10-14-39-40(21-32)53(72)67(52(39)71)44-16-17-45(69)61-51(44)70/h1,10-11,14-15,21-23,25,34-36,44,60,68H,2,5-9,12-13,16-20,24,26-30H2,3H3,(H,61,69,70)/t34?,35?,36-,44?,56-/m0/s1. The SMILES string of the molecule is C#Cc1c(F)ccc2cc(O)cc(-c3ncc4c(N5CC6CCC(C5)N6)nc(OC[C@@]56CC[C@@H](COC(=O)N(C)CCCCCCc7ccc8c(c7)C(=O)N(C7CCC(=O)NC7=O)C8=O)N5CC(=C)C6)nc4c3F)c12. The summed E-state index contributed by atoms with van der Waals surface area (Å²) in [4.78, 5) is 84.8. The summed E-state index contributed by atoms with van der Waals surface area (Å²) >= 11 is 0. The molecule has 17 nitrogen and oxygen atoms in total. The Kier molecular flexibility index (Phi) is 13.2. The first-order valence-electron chi connectivity index (χ1n) is 25.8. The number of nitrogens with zero attached hydrogens (tertiary/aromatic N) is 7. The summed E-state index contributed by atoms with van der Waals surface area (Å²) < 4.78 is 44.8. The van der Waals surface area contributed by atoms with Crippen LogP contribution in [0.4, 0.5) is 19.4 Å². The third kappa shape index (κ3) is 9.28. The molecule has 5 aromatic rings. The van der Waals surface area contributed by atoms with Crippen molar-refractivity contribution in [2.75, 3.05) is 51.3 Å². The fourth-order valence-corrected chi connectivity index (χ4v) is 12.3. The molecule has 388 valence electrons. The van der Waals surface area contributed by atoms with E-state index in [1.54, 1.807) is 24.1 Å². The number of aryl methyl sites for hydroxylation is 1. The smallest absolute Gasteiger partial charge is 0.409 e. The second-order valence-corrected chi connectivity index (χ2v) is 21.0. The van der Waals surface area contributed by atoms with Gasteiger partial charge in [-0.2, -0.15) is 9.97 Å². The van der Waals surface area contributed by atoms with Crippen LogP contribution in [-0.2, 0) is 20.7 Å². The number of hydrogen-bond acceptors (Lipinski definition) is 14. The van der Waals surface area contributed by atoms with Crippen LogP contribution in [0.2, 0.25) is 0 Å². The largest absolute Gasteiger partial charge is 0.508 e. The average molecular weight is 1020 g/mol. The fraction of sp³-hybridized carbons (Fsp3) is 0.429. The molecule has 6 aliphatic rings. The molecule has 8 heterocycles. The summed E-state index contributed by atoms with van der Waals surface area (Å²) in [7, 11) is 1.72. The molecule has 5 amide bonds. The third-order valence-corrected chi connectivity index (χ3v) is 16.0. The van der Waals surface area contributed by atoms with Crippen LogP contribution in [-0.4, -0.2) is 141 Å². The third-order valence-electron chi connectivity index (χ3n) is 16.0. The number of carbonyl (C=O) groups is 5. The topological polar surface area (TPSA) is 200 Å². The number of anilines is 1. The van der Waals surface area contributed by atoms with Gasteiger partial charge in [0.25, 0.3) is 11.8 Å². The molecule has 3 aromatic carbocycles. The van der Waals surface area contributed by atoms with Crippen LogP contribution in [0.3, 0.4) is 0 Å². The van der Waals surface area contributed by atoms with Gasteiger partial charge in [-0.05, 0) is 99.1 Å². The van der Waals surface area contributed by atoms with Crippen molar-refractivity contribution >= 4 is 57.2 Å². The highest BCUT2D eigenvalue weighted by molar-refractivity contribution is 6.23. The number of halogens is 2. The molecule has 6 aliphatic heterocycles. The number of piperidine rings is 1. The summed E-state index contributed by atoms with van der Waals surface area (Å²) in [5.74, 6) is -0.857. The van der Waals surface area contributed by atoms with E-state index < -0.39 is 52.9 Å². The predicted octanol–water partition coefficient (Wildman–Crippen LogP) is 6.57.